The van der Waals surface area contributed by atoms with Crippen molar-refractivity contribution in [2.24, 2.45) is 5.73 Å². The van der Waals surface area contributed by atoms with Crippen molar-refractivity contribution >= 4 is 46.7 Å². The fraction of sp³-hybridized carbons (Fsp3) is 0.326. The molecule has 0 radical (unpaired) electrons. The third kappa shape index (κ3) is 10.7. The Bertz CT molecular complexity index is 2560. The van der Waals surface area contributed by atoms with Gasteiger partial charge in [-0.05, 0) is 67.8 Å². The second-order valence-corrected chi connectivity index (χ2v) is 14.7. The number of aromatic nitrogens is 4. The van der Waals surface area contributed by atoms with E-state index in [4.69, 9.17) is 19.6 Å². The SMILES string of the molecule is NCc1nn(-c2ccc(C(=O)CCCOCCOCCNc3cccc4c3C(=O)N(C3CCC(=O)NC3=O)C4=O)cc2)cc1NC(=O)c1coc(-c2ccnc(CCC(F)(F)F)c2)n1. The molecular formula is C43H42F3N9O9. The number of ketones is 1. The minimum absolute atomic E-state index is 0.00854. The number of aryl methyl sites for hydroxylation is 1. The molecule has 1 saturated heterocycles. The lowest BCUT2D eigenvalue weighted by molar-refractivity contribution is -0.136. The van der Waals surface area contributed by atoms with Gasteiger partial charge in [0.05, 0.1) is 54.2 Å². The third-order valence-electron chi connectivity index (χ3n) is 10.2. The van der Waals surface area contributed by atoms with E-state index in [0.29, 0.717) is 53.5 Å². The van der Waals surface area contributed by atoms with Crippen molar-refractivity contribution in [3.63, 3.8) is 0 Å². The van der Waals surface area contributed by atoms with Crippen LogP contribution in [0.1, 0.15) is 85.1 Å². The molecule has 5 N–H and O–H groups in total. The molecule has 64 heavy (non-hydrogen) atoms. The molecule has 5 heterocycles. The number of oxazole rings is 1. The number of nitrogens with zero attached hydrogens (tertiary/aromatic N) is 5. The fourth-order valence-corrected chi connectivity index (χ4v) is 7.03. The zero-order chi connectivity index (χ0) is 45.4. The first kappa shape index (κ1) is 44.9. The second kappa shape index (κ2) is 19.9. The van der Waals surface area contributed by atoms with E-state index in [0.717, 1.165) is 11.2 Å². The molecule has 21 heteroatoms. The summed E-state index contributed by atoms with van der Waals surface area (Å²) >= 11 is 0. The Morgan fingerprint density at radius 1 is 0.969 bits per heavy atom. The van der Waals surface area contributed by atoms with E-state index in [9.17, 15) is 41.9 Å². The van der Waals surface area contributed by atoms with Crippen LogP contribution in [-0.4, -0.2) is 105 Å². The van der Waals surface area contributed by atoms with E-state index in [1.54, 1.807) is 42.6 Å². The first-order valence-corrected chi connectivity index (χ1v) is 20.2. The van der Waals surface area contributed by atoms with Gasteiger partial charge in [-0.2, -0.15) is 18.3 Å². The van der Waals surface area contributed by atoms with Crippen LogP contribution in [0.25, 0.3) is 17.1 Å². The second-order valence-electron chi connectivity index (χ2n) is 14.7. The highest BCUT2D eigenvalue weighted by molar-refractivity contribution is 6.25. The largest absolute Gasteiger partial charge is 0.444 e. The number of fused-ring (bicyclic) bond motifs is 1. The number of amides is 5. The number of ether oxygens (including phenoxy) is 2. The van der Waals surface area contributed by atoms with Gasteiger partial charge in [0.2, 0.25) is 17.7 Å². The maximum Gasteiger partial charge on any atom is 0.389 e. The average Bonchev–Trinajstić information content (AvgIpc) is 4.00. The number of benzene rings is 2. The summed E-state index contributed by atoms with van der Waals surface area (Å²) in [5.74, 6) is -2.99. The van der Waals surface area contributed by atoms with Gasteiger partial charge >= 0.3 is 6.18 Å². The first-order valence-electron chi connectivity index (χ1n) is 20.2. The van der Waals surface area contributed by atoms with Gasteiger partial charge in [-0.3, -0.25) is 44.0 Å². The van der Waals surface area contributed by atoms with E-state index < -0.39 is 48.2 Å². The molecule has 1 unspecified atom stereocenters. The van der Waals surface area contributed by atoms with E-state index >= 15 is 0 Å². The number of alkyl halides is 3. The minimum atomic E-state index is -4.33. The molecule has 334 valence electrons. The summed E-state index contributed by atoms with van der Waals surface area (Å²) in [7, 11) is 0. The van der Waals surface area contributed by atoms with Crippen LogP contribution >= 0.6 is 0 Å². The topological polar surface area (TPSA) is 243 Å². The van der Waals surface area contributed by atoms with Crippen molar-refractivity contribution in [2.45, 2.75) is 57.3 Å². The summed E-state index contributed by atoms with van der Waals surface area (Å²) < 4.78 is 56.2. The number of carbonyl (C=O) groups is 6. The predicted molar refractivity (Wildman–Crippen MR) is 220 cm³/mol. The maximum absolute atomic E-state index is 13.2. The van der Waals surface area contributed by atoms with Crippen molar-refractivity contribution in [1.82, 2.24) is 30.0 Å². The molecule has 2 aliphatic rings. The molecule has 18 nitrogen and oxygen atoms in total. The number of Topliss-reactive ketones (excluding diaryl/α,β-unsaturated/α-hetero) is 1. The Morgan fingerprint density at radius 2 is 1.75 bits per heavy atom. The molecule has 1 fully saturated rings. The third-order valence-corrected chi connectivity index (χ3v) is 10.2. The van der Waals surface area contributed by atoms with Crippen LogP contribution < -0.4 is 21.7 Å². The Balaban J connectivity index is 0.806. The van der Waals surface area contributed by atoms with Crippen LogP contribution in [0.3, 0.4) is 0 Å². The zero-order valence-electron chi connectivity index (χ0n) is 34.1. The molecule has 2 aliphatic heterocycles. The van der Waals surface area contributed by atoms with E-state index in [1.165, 1.54) is 29.1 Å². The smallest absolute Gasteiger partial charge is 0.389 e. The molecule has 3 aromatic heterocycles. The average molecular weight is 886 g/mol. The lowest BCUT2D eigenvalue weighted by Gasteiger charge is -2.27. The van der Waals surface area contributed by atoms with Crippen molar-refractivity contribution < 1.29 is 55.8 Å². The number of carbonyl (C=O) groups excluding carboxylic acids is 6. The van der Waals surface area contributed by atoms with Crippen LogP contribution in [0.5, 0.6) is 0 Å². The van der Waals surface area contributed by atoms with Crippen molar-refractivity contribution in [1.29, 1.82) is 0 Å². The van der Waals surface area contributed by atoms with Crippen molar-refractivity contribution in [2.75, 3.05) is 43.6 Å². The summed E-state index contributed by atoms with van der Waals surface area (Å²) in [5.41, 5.74) is 8.92. The molecule has 5 amide bonds. The van der Waals surface area contributed by atoms with Crippen molar-refractivity contribution in [3.8, 4) is 17.1 Å². The van der Waals surface area contributed by atoms with E-state index in [2.05, 4.69) is 31.0 Å². The van der Waals surface area contributed by atoms with Crippen LogP contribution in [-0.2, 0) is 32.0 Å². The van der Waals surface area contributed by atoms with Crippen molar-refractivity contribution in [3.05, 3.63) is 107 Å². The van der Waals surface area contributed by atoms with Gasteiger partial charge in [-0.1, -0.05) is 6.07 Å². The van der Waals surface area contributed by atoms with Gasteiger partial charge in [0.15, 0.2) is 11.5 Å². The highest BCUT2D eigenvalue weighted by Crippen LogP contribution is 2.32. The quantitative estimate of drug-likeness (QED) is 0.0473. The molecule has 0 aliphatic carbocycles. The number of nitrogens with one attached hydrogen (secondary N) is 3. The van der Waals surface area contributed by atoms with Gasteiger partial charge in [-0.25, -0.2) is 9.67 Å². The molecule has 5 aromatic rings. The lowest BCUT2D eigenvalue weighted by atomic mass is 10.0. The number of halogens is 3. The Kier molecular flexibility index (Phi) is 14.0. The molecule has 2 aromatic carbocycles. The minimum Gasteiger partial charge on any atom is -0.444 e. The Labute approximate surface area is 362 Å². The maximum atomic E-state index is 13.2. The standard InChI is InChI=1S/C43H42F3N9O9/c44-43(45,46)14-12-27-21-26(13-15-48-27)40-51-33(24-64-40)38(58)50-32-23-54(53-31(32)22-47)28-8-6-25(7-9-28)35(56)5-2-17-62-19-20-63-18-16-49-30-4-1-3-29-37(30)42(61)55(41(29)60)34-10-11-36(57)52-39(34)59/h1,3-4,6-9,13,15,21,23-24,34,49H,2,5,10-12,14,16-20,22,47H2,(H,50,58)(H,52,57,59). The highest BCUT2D eigenvalue weighted by atomic mass is 19.4. The van der Waals surface area contributed by atoms with Crippen LogP contribution in [0, 0.1) is 0 Å². The summed E-state index contributed by atoms with van der Waals surface area (Å²) in [6.45, 7) is 1.48. The monoisotopic (exact) mass is 885 g/mol. The van der Waals surface area contributed by atoms with Crippen LogP contribution in [0.15, 0.2) is 77.7 Å². The summed E-state index contributed by atoms with van der Waals surface area (Å²) in [6, 6.07) is 13.4. The predicted octanol–water partition coefficient (Wildman–Crippen LogP) is 4.64. The van der Waals surface area contributed by atoms with Gasteiger partial charge in [0.1, 0.15) is 12.3 Å². The first-order chi connectivity index (χ1) is 30.8. The zero-order valence-corrected chi connectivity index (χ0v) is 34.1. The Morgan fingerprint density at radius 3 is 2.50 bits per heavy atom. The number of anilines is 2. The number of imide groups is 2. The van der Waals surface area contributed by atoms with Gasteiger partial charge < -0.3 is 30.3 Å². The molecule has 7 rings (SSSR count). The number of hydrogen-bond donors (Lipinski definition) is 4. The van der Waals surface area contributed by atoms with Gasteiger partial charge in [-0.15, -0.1) is 0 Å². The van der Waals surface area contributed by atoms with Crippen LogP contribution in [0.4, 0.5) is 24.5 Å². The number of nitrogens with two attached hydrogens (primary N) is 1. The molecule has 0 bridgehead atoms. The number of rotatable bonds is 20. The Hall–Kier alpha value is -7.10. The molecule has 0 spiro atoms. The van der Waals surface area contributed by atoms with Crippen LogP contribution in [0.2, 0.25) is 0 Å². The van der Waals surface area contributed by atoms with Gasteiger partial charge in [0, 0.05) is 67.7 Å². The molecular weight excluding hydrogens is 844 g/mol. The highest BCUT2D eigenvalue weighted by Gasteiger charge is 2.45. The molecule has 0 saturated carbocycles. The number of piperidine rings is 1. The molecule has 1 atom stereocenters. The fourth-order valence-electron chi connectivity index (χ4n) is 7.03. The summed E-state index contributed by atoms with van der Waals surface area (Å²) in [6.07, 6.45) is -0.820. The lowest BCUT2D eigenvalue weighted by Crippen LogP contribution is -2.54. The normalized spacial score (nSPS) is 15.1. The van der Waals surface area contributed by atoms with Gasteiger partial charge in [0.25, 0.3) is 17.7 Å². The summed E-state index contributed by atoms with van der Waals surface area (Å²) in [5, 5.41) is 12.5. The van der Waals surface area contributed by atoms with E-state index in [1.807, 2.05) is 0 Å². The van der Waals surface area contributed by atoms with E-state index in [-0.39, 0.29) is 86.2 Å². The summed E-state index contributed by atoms with van der Waals surface area (Å²) in [4.78, 5) is 85.2. The number of pyridine rings is 1. The number of hydrogen-bond acceptors (Lipinski definition) is 14.